The summed E-state index contributed by atoms with van der Waals surface area (Å²) in [5.74, 6) is 0.115. The fourth-order valence-electron chi connectivity index (χ4n) is 2.53. The van der Waals surface area contributed by atoms with Crippen LogP contribution in [0.3, 0.4) is 0 Å². The summed E-state index contributed by atoms with van der Waals surface area (Å²) in [7, 11) is 0. The Morgan fingerprint density at radius 3 is 2.34 bits per heavy atom. The zero-order chi connectivity index (χ0) is 21.3. The highest BCUT2D eigenvalue weighted by Gasteiger charge is 2.10. The van der Waals surface area contributed by atoms with Gasteiger partial charge in [0.25, 0.3) is 0 Å². The van der Waals surface area contributed by atoms with Gasteiger partial charge in [-0.1, -0.05) is 36.4 Å². The summed E-state index contributed by atoms with van der Waals surface area (Å²) in [4.78, 5) is 12.0. The number of ether oxygens (including phenoxy) is 2. The van der Waals surface area contributed by atoms with E-state index in [0.717, 1.165) is 16.7 Å². The Labute approximate surface area is 170 Å². The van der Waals surface area contributed by atoms with Crippen LogP contribution in [0.5, 0.6) is 5.75 Å². The van der Waals surface area contributed by atoms with Gasteiger partial charge in [0.05, 0.1) is 12.2 Å². The molecular formula is C22H28F2N2O3. The highest BCUT2D eigenvalue weighted by Crippen LogP contribution is 2.15. The maximum atomic E-state index is 12.1. The minimum absolute atomic E-state index is 0.115. The maximum Gasteiger partial charge on any atom is 0.387 e. The van der Waals surface area contributed by atoms with Gasteiger partial charge in [0.15, 0.2) is 0 Å². The summed E-state index contributed by atoms with van der Waals surface area (Å²) in [6.07, 6.45) is 0.585. The number of alkyl halides is 2. The lowest BCUT2D eigenvalue weighted by Gasteiger charge is -2.19. The van der Waals surface area contributed by atoms with E-state index < -0.39 is 6.61 Å². The number of halogens is 2. The van der Waals surface area contributed by atoms with Crippen molar-refractivity contribution in [3.8, 4) is 5.75 Å². The largest absolute Gasteiger partial charge is 0.435 e. The van der Waals surface area contributed by atoms with Crippen molar-refractivity contribution in [2.45, 2.75) is 52.6 Å². The SMILES string of the molecule is CC(C)(C)OCc1cccc(CNC(=O)NCCc2ccc(OC(F)F)cc2)c1. The molecule has 2 aromatic rings. The summed E-state index contributed by atoms with van der Waals surface area (Å²) in [6, 6.07) is 14.0. The molecule has 0 atom stereocenters. The predicted octanol–water partition coefficient (Wildman–Crippen LogP) is 4.65. The van der Waals surface area contributed by atoms with Crippen molar-refractivity contribution in [1.82, 2.24) is 10.6 Å². The van der Waals surface area contributed by atoms with E-state index in [1.807, 2.05) is 45.0 Å². The molecule has 0 saturated carbocycles. The quantitative estimate of drug-likeness (QED) is 0.638. The van der Waals surface area contributed by atoms with Gasteiger partial charge in [-0.3, -0.25) is 0 Å². The van der Waals surface area contributed by atoms with Gasteiger partial charge in [-0.05, 0) is 56.0 Å². The Hall–Kier alpha value is -2.67. The molecule has 0 radical (unpaired) electrons. The van der Waals surface area contributed by atoms with Crippen molar-refractivity contribution < 1.29 is 23.0 Å². The standard InChI is InChI=1S/C22H28F2N2O3/c1-22(2,3)28-15-18-6-4-5-17(13-18)14-26-21(27)25-12-11-16-7-9-19(10-8-16)29-20(23)24/h4-10,13,20H,11-12,14-15H2,1-3H3,(H2,25,26,27). The number of amides is 2. The van der Waals surface area contributed by atoms with Gasteiger partial charge in [-0.15, -0.1) is 0 Å². The van der Waals surface area contributed by atoms with Crippen LogP contribution >= 0.6 is 0 Å². The third-order valence-corrected chi connectivity index (χ3v) is 3.96. The smallest absolute Gasteiger partial charge is 0.387 e. The molecule has 5 nitrogen and oxygen atoms in total. The summed E-state index contributed by atoms with van der Waals surface area (Å²) < 4.78 is 34.3. The number of carbonyl (C=O) groups is 1. The van der Waals surface area contributed by atoms with Crippen LogP contribution in [-0.4, -0.2) is 24.8 Å². The third kappa shape index (κ3) is 9.38. The van der Waals surface area contributed by atoms with Gasteiger partial charge in [0.2, 0.25) is 0 Å². The molecule has 0 aliphatic rings. The fourth-order valence-corrected chi connectivity index (χ4v) is 2.53. The summed E-state index contributed by atoms with van der Waals surface area (Å²) >= 11 is 0. The van der Waals surface area contributed by atoms with Gasteiger partial charge in [-0.25, -0.2) is 4.79 Å². The molecule has 2 amide bonds. The molecule has 2 aromatic carbocycles. The second kappa shape index (κ2) is 10.8. The first kappa shape index (κ1) is 22.6. The van der Waals surface area contributed by atoms with Gasteiger partial charge < -0.3 is 20.1 Å². The Balaban J connectivity index is 1.70. The monoisotopic (exact) mass is 406 g/mol. The number of rotatable bonds is 9. The minimum Gasteiger partial charge on any atom is -0.435 e. The second-order valence-corrected chi connectivity index (χ2v) is 7.60. The summed E-state index contributed by atoms with van der Waals surface area (Å²) in [5.41, 5.74) is 2.76. The van der Waals surface area contributed by atoms with Gasteiger partial charge in [-0.2, -0.15) is 8.78 Å². The molecular weight excluding hydrogens is 378 g/mol. The van der Waals surface area contributed by atoms with Crippen LogP contribution in [0, 0.1) is 0 Å². The Morgan fingerprint density at radius 1 is 1.00 bits per heavy atom. The second-order valence-electron chi connectivity index (χ2n) is 7.60. The molecule has 0 bridgehead atoms. The first-order valence-electron chi connectivity index (χ1n) is 9.48. The number of urea groups is 1. The fraction of sp³-hybridized carbons (Fsp3) is 0.409. The number of carbonyl (C=O) groups excluding carboxylic acids is 1. The molecule has 0 aliphatic carbocycles. The van der Waals surface area contributed by atoms with E-state index in [0.29, 0.717) is 26.1 Å². The lowest BCUT2D eigenvalue weighted by atomic mass is 10.1. The van der Waals surface area contributed by atoms with E-state index in [9.17, 15) is 13.6 Å². The van der Waals surface area contributed by atoms with Gasteiger partial charge in [0, 0.05) is 13.1 Å². The molecule has 0 aliphatic heterocycles. The van der Waals surface area contributed by atoms with Crippen molar-refractivity contribution in [3.05, 3.63) is 65.2 Å². The number of hydrogen-bond acceptors (Lipinski definition) is 3. The summed E-state index contributed by atoms with van der Waals surface area (Å²) in [6.45, 7) is 4.55. The van der Waals surface area contributed by atoms with E-state index in [4.69, 9.17) is 4.74 Å². The average Bonchev–Trinajstić information content (AvgIpc) is 2.65. The molecule has 0 saturated heterocycles. The van der Waals surface area contributed by atoms with Crippen molar-refractivity contribution in [1.29, 1.82) is 0 Å². The van der Waals surface area contributed by atoms with Crippen LogP contribution in [0.1, 0.15) is 37.5 Å². The van der Waals surface area contributed by atoms with Crippen molar-refractivity contribution >= 4 is 6.03 Å². The van der Waals surface area contributed by atoms with Crippen molar-refractivity contribution in [2.24, 2.45) is 0 Å². The molecule has 7 heteroatoms. The number of nitrogens with one attached hydrogen (secondary N) is 2. The lowest BCUT2D eigenvalue weighted by molar-refractivity contribution is -0.0498. The number of benzene rings is 2. The van der Waals surface area contributed by atoms with Crippen molar-refractivity contribution in [3.63, 3.8) is 0 Å². The van der Waals surface area contributed by atoms with E-state index in [-0.39, 0.29) is 17.4 Å². The molecule has 0 aromatic heterocycles. The Bertz CT molecular complexity index is 774. The average molecular weight is 406 g/mol. The van der Waals surface area contributed by atoms with E-state index in [1.54, 1.807) is 12.1 Å². The summed E-state index contributed by atoms with van der Waals surface area (Å²) in [5, 5.41) is 5.60. The van der Waals surface area contributed by atoms with Crippen LogP contribution in [0.15, 0.2) is 48.5 Å². The molecule has 29 heavy (non-hydrogen) atoms. The minimum atomic E-state index is -2.84. The third-order valence-electron chi connectivity index (χ3n) is 3.96. The highest BCUT2D eigenvalue weighted by molar-refractivity contribution is 5.73. The zero-order valence-corrected chi connectivity index (χ0v) is 17.0. The zero-order valence-electron chi connectivity index (χ0n) is 17.0. The van der Waals surface area contributed by atoms with Gasteiger partial charge >= 0.3 is 12.6 Å². The van der Waals surface area contributed by atoms with Crippen LogP contribution in [0.4, 0.5) is 13.6 Å². The molecule has 2 N–H and O–H groups in total. The van der Waals surface area contributed by atoms with Crippen molar-refractivity contribution in [2.75, 3.05) is 6.54 Å². The number of hydrogen-bond donors (Lipinski definition) is 2. The molecule has 0 spiro atoms. The Kier molecular flexibility index (Phi) is 8.39. The molecule has 0 fully saturated rings. The van der Waals surface area contributed by atoms with E-state index >= 15 is 0 Å². The van der Waals surface area contributed by atoms with Crippen LogP contribution < -0.4 is 15.4 Å². The molecule has 0 unspecified atom stereocenters. The first-order chi connectivity index (χ1) is 13.7. The normalized spacial score (nSPS) is 11.4. The van der Waals surface area contributed by atoms with E-state index in [1.165, 1.54) is 12.1 Å². The van der Waals surface area contributed by atoms with Crippen LogP contribution in [-0.2, 0) is 24.3 Å². The molecule has 2 rings (SSSR count). The topological polar surface area (TPSA) is 59.6 Å². The van der Waals surface area contributed by atoms with Crippen LogP contribution in [0.2, 0.25) is 0 Å². The molecule has 0 heterocycles. The lowest BCUT2D eigenvalue weighted by Crippen LogP contribution is -2.36. The van der Waals surface area contributed by atoms with Crippen LogP contribution in [0.25, 0.3) is 0 Å². The maximum absolute atomic E-state index is 12.1. The molecule has 158 valence electrons. The Morgan fingerprint density at radius 2 is 1.69 bits per heavy atom. The van der Waals surface area contributed by atoms with Gasteiger partial charge in [0.1, 0.15) is 5.75 Å². The first-order valence-corrected chi connectivity index (χ1v) is 9.48. The van der Waals surface area contributed by atoms with E-state index in [2.05, 4.69) is 15.4 Å². The highest BCUT2D eigenvalue weighted by atomic mass is 19.3. The predicted molar refractivity (Wildman–Crippen MR) is 108 cm³/mol.